The first kappa shape index (κ1) is 16.4. The van der Waals surface area contributed by atoms with E-state index < -0.39 is 10.0 Å². The summed E-state index contributed by atoms with van der Waals surface area (Å²) in [5.41, 5.74) is 2.11. The second kappa shape index (κ2) is 6.85. The van der Waals surface area contributed by atoms with Crippen LogP contribution in [0.5, 0.6) is 0 Å². The lowest BCUT2D eigenvalue weighted by Crippen LogP contribution is -2.13. The second-order valence-electron chi connectivity index (χ2n) is 4.76. The summed E-state index contributed by atoms with van der Waals surface area (Å²) in [6.45, 7) is 6.04. The average molecular weight is 337 g/mol. The predicted octanol–water partition coefficient (Wildman–Crippen LogP) is 4.05. The molecule has 0 aliphatic rings. The number of hydrogen-bond acceptors (Lipinski definition) is 3. The lowest BCUT2D eigenvalue weighted by atomic mass is 10.2. The molecule has 0 saturated heterocycles. The van der Waals surface area contributed by atoms with Crippen molar-refractivity contribution in [3.63, 3.8) is 0 Å². The Kier molecular flexibility index (Phi) is 5.11. The molecule has 2 aromatic rings. The van der Waals surface area contributed by atoms with E-state index in [4.69, 9.17) is 11.6 Å². The monoisotopic (exact) mass is 336 g/mol. The average Bonchev–Trinajstić information content (AvgIpc) is 2.49. The van der Waals surface area contributed by atoms with Crippen molar-refractivity contribution in [2.24, 2.45) is 0 Å². The van der Waals surface area contributed by atoms with Gasteiger partial charge in [-0.25, -0.2) is 8.42 Å². The second-order valence-corrected chi connectivity index (χ2v) is 6.85. The molecule has 0 spiro atoms. The minimum Gasteiger partial charge on any atom is -0.382 e. The van der Waals surface area contributed by atoms with Gasteiger partial charge in [-0.05, 0) is 55.0 Å². The number of sulfonamides is 1. The van der Waals surface area contributed by atoms with Gasteiger partial charge in [0.25, 0.3) is 10.0 Å². The molecule has 2 N–H and O–H groups in total. The highest BCUT2D eigenvalue weighted by molar-refractivity contribution is 7.92. The Hall–Kier alpha value is -1.98. The lowest BCUT2D eigenvalue weighted by Gasteiger charge is -2.10. The third-order valence-corrected chi connectivity index (χ3v) is 4.83. The number of aryl methyl sites for hydroxylation is 1. The molecule has 0 heterocycles. The summed E-state index contributed by atoms with van der Waals surface area (Å²) in [6.07, 6.45) is 1.75. The summed E-state index contributed by atoms with van der Waals surface area (Å²) in [5.74, 6) is 0. The number of rotatable bonds is 6. The number of halogens is 1. The Bertz CT molecular complexity index is 771. The van der Waals surface area contributed by atoms with Gasteiger partial charge in [-0.3, -0.25) is 4.72 Å². The van der Waals surface area contributed by atoms with E-state index in [1.807, 2.05) is 0 Å². The first-order chi connectivity index (χ1) is 10.4. The van der Waals surface area contributed by atoms with Crippen molar-refractivity contribution in [2.75, 3.05) is 16.6 Å². The molecule has 22 heavy (non-hydrogen) atoms. The van der Waals surface area contributed by atoms with Crippen molar-refractivity contribution >= 4 is 33.0 Å². The summed E-state index contributed by atoms with van der Waals surface area (Å²) in [4.78, 5) is 0.184. The fraction of sp³-hybridized carbons (Fsp3) is 0.125. The molecular formula is C16H17ClN2O2S. The van der Waals surface area contributed by atoms with Gasteiger partial charge in [-0.1, -0.05) is 17.7 Å². The highest BCUT2D eigenvalue weighted by atomic mass is 35.5. The van der Waals surface area contributed by atoms with E-state index in [2.05, 4.69) is 16.6 Å². The van der Waals surface area contributed by atoms with Gasteiger partial charge < -0.3 is 5.32 Å². The highest BCUT2D eigenvalue weighted by Crippen LogP contribution is 2.22. The van der Waals surface area contributed by atoms with Crippen molar-refractivity contribution in [1.82, 2.24) is 0 Å². The van der Waals surface area contributed by atoms with Gasteiger partial charge in [-0.2, -0.15) is 0 Å². The number of nitrogens with one attached hydrogen (secondary N) is 2. The Labute approximate surface area is 135 Å². The first-order valence-corrected chi connectivity index (χ1v) is 8.52. The summed E-state index contributed by atoms with van der Waals surface area (Å²) >= 11 is 5.92. The van der Waals surface area contributed by atoms with Gasteiger partial charge in [0.05, 0.1) is 4.90 Å². The Balaban J connectivity index is 2.17. The predicted molar refractivity (Wildman–Crippen MR) is 92.1 cm³/mol. The molecular weight excluding hydrogens is 320 g/mol. The van der Waals surface area contributed by atoms with E-state index in [1.54, 1.807) is 49.4 Å². The van der Waals surface area contributed by atoms with E-state index in [0.717, 1.165) is 5.69 Å². The van der Waals surface area contributed by atoms with Gasteiger partial charge in [0.2, 0.25) is 0 Å². The van der Waals surface area contributed by atoms with Gasteiger partial charge in [0, 0.05) is 22.9 Å². The van der Waals surface area contributed by atoms with Crippen molar-refractivity contribution in [1.29, 1.82) is 0 Å². The normalized spacial score (nSPS) is 11.0. The molecule has 0 saturated carbocycles. The van der Waals surface area contributed by atoms with Crippen LogP contribution < -0.4 is 10.0 Å². The number of anilines is 2. The smallest absolute Gasteiger partial charge is 0.261 e. The Morgan fingerprint density at radius 2 is 1.77 bits per heavy atom. The maximum Gasteiger partial charge on any atom is 0.261 e. The van der Waals surface area contributed by atoms with Gasteiger partial charge in [0.15, 0.2) is 0 Å². The topological polar surface area (TPSA) is 58.2 Å². The van der Waals surface area contributed by atoms with Gasteiger partial charge in [0.1, 0.15) is 0 Å². The molecule has 0 bridgehead atoms. The molecule has 116 valence electrons. The van der Waals surface area contributed by atoms with E-state index in [0.29, 0.717) is 22.8 Å². The van der Waals surface area contributed by atoms with Crippen LogP contribution in [0.3, 0.4) is 0 Å². The molecule has 0 amide bonds. The van der Waals surface area contributed by atoms with E-state index in [9.17, 15) is 8.42 Å². The SMILES string of the molecule is C=CCNc1ccc(NS(=O)(=O)c2ccc(Cl)c(C)c2)cc1. The van der Waals surface area contributed by atoms with Crippen LogP contribution in [0.2, 0.25) is 5.02 Å². The third-order valence-electron chi connectivity index (χ3n) is 3.03. The molecule has 0 aliphatic carbocycles. The maximum absolute atomic E-state index is 12.3. The van der Waals surface area contributed by atoms with E-state index >= 15 is 0 Å². The quantitative estimate of drug-likeness (QED) is 0.782. The minimum absolute atomic E-state index is 0.184. The van der Waals surface area contributed by atoms with Crippen LogP contribution in [-0.2, 0) is 10.0 Å². The summed E-state index contributed by atoms with van der Waals surface area (Å²) < 4.78 is 27.2. The zero-order chi connectivity index (χ0) is 16.2. The van der Waals surface area contributed by atoms with Crippen molar-refractivity contribution in [2.45, 2.75) is 11.8 Å². The summed E-state index contributed by atoms with van der Waals surface area (Å²) in [5, 5.41) is 3.66. The lowest BCUT2D eigenvalue weighted by molar-refractivity contribution is 0.601. The Morgan fingerprint density at radius 3 is 2.36 bits per heavy atom. The molecule has 0 aliphatic heterocycles. The van der Waals surface area contributed by atoms with E-state index in [-0.39, 0.29) is 4.90 Å². The largest absolute Gasteiger partial charge is 0.382 e. The van der Waals surface area contributed by atoms with Gasteiger partial charge in [-0.15, -0.1) is 6.58 Å². The third kappa shape index (κ3) is 4.02. The maximum atomic E-state index is 12.3. The molecule has 6 heteroatoms. The zero-order valence-electron chi connectivity index (χ0n) is 12.1. The van der Waals surface area contributed by atoms with Crippen molar-refractivity contribution < 1.29 is 8.42 Å². The number of hydrogen-bond donors (Lipinski definition) is 2. The van der Waals surface area contributed by atoms with Crippen LogP contribution in [0.1, 0.15) is 5.56 Å². The minimum atomic E-state index is -3.63. The molecule has 0 fully saturated rings. The molecule has 2 aromatic carbocycles. The standard InChI is InChI=1S/C16H17ClN2O2S/c1-3-10-18-13-4-6-14(7-5-13)19-22(20,21)15-8-9-16(17)12(2)11-15/h3-9,11,18-19H,1,10H2,2H3. The number of benzene rings is 2. The zero-order valence-corrected chi connectivity index (χ0v) is 13.7. The molecule has 0 unspecified atom stereocenters. The van der Waals surface area contributed by atoms with Crippen LogP contribution in [0.25, 0.3) is 0 Å². The highest BCUT2D eigenvalue weighted by Gasteiger charge is 2.15. The van der Waals surface area contributed by atoms with Crippen LogP contribution in [0.15, 0.2) is 60.0 Å². The molecule has 4 nitrogen and oxygen atoms in total. The first-order valence-electron chi connectivity index (χ1n) is 6.66. The summed E-state index contributed by atoms with van der Waals surface area (Å²) in [6, 6.07) is 11.6. The van der Waals surface area contributed by atoms with Crippen LogP contribution in [-0.4, -0.2) is 15.0 Å². The molecule has 2 rings (SSSR count). The van der Waals surface area contributed by atoms with Crippen LogP contribution >= 0.6 is 11.6 Å². The molecule has 0 atom stereocenters. The fourth-order valence-corrected chi connectivity index (χ4v) is 3.11. The van der Waals surface area contributed by atoms with Crippen LogP contribution in [0, 0.1) is 6.92 Å². The summed E-state index contributed by atoms with van der Waals surface area (Å²) in [7, 11) is -3.63. The van der Waals surface area contributed by atoms with Crippen LogP contribution in [0.4, 0.5) is 11.4 Å². The van der Waals surface area contributed by atoms with Crippen molar-refractivity contribution in [3.05, 3.63) is 65.7 Å². The Morgan fingerprint density at radius 1 is 1.14 bits per heavy atom. The van der Waals surface area contributed by atoms with E-state index in [1.165, 1.54) is 6.07 Å². The molecule has 0 radical (unpaired) electrons. The van der Waals surface area contributed by atoms with Crippen molar-refractivity contribution in [3.8, 4) is 0 Å². The van der Waals surface area contributed by atoms with Gasteiger partial charge >= 0.3 is 0 Å². The molecule has 0 aromatic heterocycles. The fourth-order valence-electron chi connectivity index (χ4n) is 1.84.